The van der Waals surface area contributed by atoms with Gasteiger partial charge in [-0.3, -0.25) is 4.79 Å². The summed E-state index contributed by atoms with van der Waals surface area (Å²) in [6, 6.07) is 5.29. The summed E-state index contributed by atoms with van der Waals surface area (Å²) in [5, 5.41) is 6.37. The molecule has 0 aliphatic heterocycles. The molecule has 1 aromatic rings. The molecule has 0 atom stereocenters. The van der Waals surface area contributed by atoms with Gasteiger partial charge in [-0.1, -0.05) is 24.6 Å². The highest BCUT2D eigenvalue weighted by molar-refractivity contribution is 9.10. The highest BCUT2D eigenvalue weighted by Crippen LogP contribution is 2.25. The topological polar surface area (TPSA) is 41.1 Å². The molecule has 0 heterocycles. The lowest BCUT2D eigenvalue weighted by Gasteiger charge is -2.07. The Morgan fingerprint density at radius 2 is 2.12 bits per heavy atom. The SMILES string of the molecule is CCNCCNC(=O)c1cccc(Br)c1Cl.Cl. The molecule has 6 heteroatoms. The van der Waals surface area contributed by atoms with Crippen molar-refractivity contribution in [1.82, 2.24) is 10.6 Å². The van der Waals surface area contributed by atoms with E-state index in [4.69, 9.17) is 11.6 Å². The first kappa shape index (κ1) is 16.7. The van der Waals surface area contributed by atoms with Crippen LogP contribution in [0.5, 0.6) is 0 Å². The Labute approximate surface area is 121 Å². The van der Waals surface area contributed by atoms with Gasteiger partial charge in [0, 0.05) is 17.6 Å². The first-order valence-corrected chi connectivity index (χ1v) is 6.26. The van der Waals surface area contributed by atoms with Crippen LogP contribution in [0.3, 0.4) is 0 Å². The van der Waals surface area contributed by atoms with E-state index in [9.17, 15) is 4.79 Å². The molecule has 0 spiro atoms. The molecule has 0 saturated heterocycles. The number of carbonyl (C=O) groups excluding carboxylic acids is 1. The average Bonchev–Trinajstić information content (AvgIpc) is 2.28. The summed E-state index contributed by atoms with van der Waals surface area (Å²) < 4.78 is 0.730. The third kappa shape index (κ3) is 5.25. The van der Waals surface area contributed by atoms with E-state index in [1.807, 2.05) is 6.92 Å². The van der Waals surface area contributed by atoms with E-state index >= 15 is 0 Å². The lowest BCUT2D eigenvalue weighted by molar-refractivity contribution is 0.0954. The second kappa shape index (κ2) is 8.75. The molecule has 2 N–H and O–H groups in total. The van der Waals surface area contributed by atoms with Crippen LogP contribution < -0.4 is 10.6 Å². The molecular formula is C11H15BrCl2N2O. The predicted molar refractivity (Wildman–Crippen MR) is 77.3 cm³/mol. The van der Waals surface area contributed by atoms with Gasteiger partial charge in [0.15, 0.2) is 0 Å². The van der Waals surface area contributed by atoms with Crippen LogP contribution in [0.1, 0.15) is 17.3 Å². The molecule has 0 bridgehead atoms. The van der Waals surface area contributed by atoms with Gasteiger partial charge in [0.1, 0.15) is 0 Å². The summed E-state index contributed by atoms with van der Waals surface area (Å²) in [4.78, 5) is 11.7. The minimum Gasteiger partial charge on any atom is -0.351 e. The number of rotatable bonds is 5. The fourth-order valence-electron chi connectivity index (χ4n) is 1.22. The van der Waals surface area contributed by atoms with Gasteiger partial charge in [-0.2, -0.15) is 0 Å². The number of amides is 1. The minimum absolute atomic E-state index is 0. The fourth-order valence-corrected chi connectivity index (χ4v) is 1.79. The Morgan fingerprint density at radius 1 is 1.41 bits per heavy atom. The zero-order valence-corrected chi connectivity index (χ0v) is 12.6. The van der Waals surface area contributed by atoms with Crippen LogP contribution in [-0.2, 0) is 0 Å². The lowest BCUT2D eigenvalue weighted by atomic mass is 10.2. The highest BCUT2D eigenvalue weighted by Gasteiger charge is 2.11. The normalized spacial score (nSPS) is 9.59. The Hall–Kier alpha value is -0.290. The van der Waals surface area contributed by atoms with Crippen molar-refractivity contribution in [3.63, 3.8) is 0 Å². The van der Waals surface area contributed by atoms with Crippen molar-refractivity contribution in [3.8, 4) is 0 Å². The molecule has 3 nitrogen and oxygen atoms in total. The van der Waals surface area contributed by atoms with Gasteiger partial charge in [-0.25, -0.2) is 0 Å². The van der Waals surface area contributed by atoms with Crippen molar-refractivity contribution in [2.45, 2.75) is 6.92 Å². The van der Waals surface area contributed by atoms with Crippen molar-refractivity contribution in [2.24, 2.45) is 0 Å². The summed E-state index contributed by atoms with van der Waals surface area (Å²) in [7, 11) is 0. The number of hydrogen-bond acceptors (Lipinski definition) is 2. The van der Waals surface area contributed by atoms with E-state index in [0.717, 1.165) is 17.6 Å². The smallest absolute Gasteiger partial charge is 0.252 e. The molecular weight excluding hydrogens is 327 g/mol. The van der Waals surface area contributed by atoms with Crippen LogP contribution in [0.2, 0.25) is 5.02 Å². The molecule has 1 aromatic carbocycles. The Kier molecular flexibility index (Phi) is 8.60. The molecule has 1 amide bonds. The van der Waals surface area contributed by atoms with Gasteiger partial charge < -0.3 is 10.6 Å². The van der Waals surface area contributed by atoms with Gasteiger partial charge in [-0.05, 0) is 34.6 Å². The quantitative estimate of drug-likeness (QED) is 0.808. The van der Waals surface area contributed by atoms with Crippen LogP contribution in [0, 0.1) is 0 Å². The van der Waals surface area contributed by atoms with E-state index in [-0.39, 0.29) is 18.3 Å². The standard InChI is InChI=1S/C11H14BrClN2O.ClH/c1-2-14-6-7-15-11(16)8-4-3-5-9(12)10(8)13;/h3-5,14H,2,6-7H2,1H3,(H,15,16);1H. The third-order valence-corrected chi connectivity index (χ3v) is 3.33. The number of carbonyl (C=O) groups is 1. The van der Waals surface area contributed by atoms with Crippen molar-refractivity contribution >= 4 is 45.8 Å². The zero-order chi connectivity index (χ0) is 12.0. The van der Waals surface area contributed by atoms with Gasteiger partial charge >= 0.3 is 0 Å². The summed E-state index contributed by atoms with van der Waals surface area (Å²) in [5.74, 6) is -0.149. The van der Waals surface area contributed by atoms with Crippen molar-refractivity contribution < 1.29 is 4.79 Å². The van der Waals surface area contributed by atoms with Gasteiger partial charge in [0.25, 0.3) is 5.91 Å². The zero-order valence-electron chi connectivity index (χ0n) is 9.43. The Morgan fingerprint density at radius 3 is 2.76 bits per heavy atom. The van der Waals surface area contributed by atoms with E-state index in [2.05, 4.69) is 26.6 Å². The first-order valence-electron chi connectivity index (χ1n) is 5.09. The van der Waals surface area contributed by atoms with Crippen molar-refractivity contribution in [3.05, 3.63) is 33.3 Å². The number of likely N-dealkylation sites (N-methyl/N-ethyl adjacent to an activating group) is 1. The van der Waals surface area contributed by atoms with Crippen LogP contribution >= 0.6 is 39.9 Å². The molecule has 0 aromatic heterocycles. The molecule has 96 valence electrons. The van der Waals surface area contributed by atoms with E-state index in [1.54, 1.807) is 18.2 Å². The van der Waals surface area contributed by atoms with Gasteiger partial charge in [-0.15, -0.1) is 12.4 Å². The number of halogens is 3. The maximum Gasteiger partial charge on any atom is 0.252 e. The first-order chi connectivity index (χ1) is 7.66. The van der Waals surface area contributed by atoms with E-state index < -0.39 is 0 Å². The second-order valence-corrected chi connectivity index (χ2v) is 4.44. The number of nitrogens with one attached hydrogen (secondary N) is 2. The molecule has 0 radical (unpaired) electrons. The summed E-state index contributed by atoms with van der Waals surface area (Å²) in [5.41, 5.74) is 0.493. The van der Waals surface area contributed by atoms with Crippen LogP contribution in [0.25, 0.3) is 0 Å². The predicted octanol–water partition coefficient (Wildman–Crippen LogP) is 2.86. The van der Waals surface area contributed by atoms with Crippen LogP contribution in [0.15, 0.2) is 22.7 Å². The highest BCUT2D eigenvalue weighted by atomic mass is 79.9. The molecule has 0 unspecified atom stereocenters. The monoisotopic (exact) mass is 340 g/mol. The molecule has 0 aliphatic carbocycles. The van der Waals surface area contributed by atoms with Gasteiger partial charge in [0.2, 0.25) is 0 Å². The third-order valence-electron chi connectivity index (χ3n) is 2.03. The maximum absolute atomic E-state index is 11.7. The maximum atomic E-state index is 11.7. The second-order valence-electron chi connectivity index (χ2n) is 3.21. The largest absolute Gasteiger partial charge is 0.351 e. The van der Waals surface area contributed by atoms with E-state index in [0.29, 0.717) is 17.1 Å². The van der Waals surface area contributed by atoms with Crippen molar-refractivity contribution in [1.29, 1.82) is 0 Å². The van der Waals surface area contributed by atoms with Crippen LogP contribution in [0.4, 0.5) is 0 Å². The average molecular weight is 342 g/mol. The van der Waals surface area contributed by atoms with E-state index in [1.165, 1.54) is 0 Å². The number of hydrogen-bond donors (Lipinski definition) is 2. The molecule has 0 fully saturated rings. The van der Waals surface area contributed by atoms with Crippen LogP contribution in [-0.4, -0.2) is 25.5 Å². The molecule has 1 rings (SSSR count). The van der Waals surface area contributed by atoms with Gasteiger partial charge in [0.05, 0.1) is 10.6 Å². The Bertz CT molecular complexity index is 374. The summed E-state index contributed by atoms with van der Waals surface area (Å²) >= 11 is 9.29. The lowest BCUT2D eigenvalue weighted by Crippen LogP contribution is -2.31. The minimum atomic E-state index is -0.149. The number of benzene rings is 1. The molecule has 0 saturated carbocycles. The van der Waals surface area contributed by atoms with Crippen molar-refractivity contribution in [2.75, 3.05) is 19.6 Å². The molecule has 0 aliphatic rings. The Balaban J connectivity index is 0.00000256. The molecule has 17 heavy (non-hydrogen) atoms. The summed E-state index contributed by atoms with van der Waals surface area (Å²) in [6.07, 6.45) is 0. The fraction of sp³-hybridized carbons (Fsp3) is 0.364. The summed E-state index contributed by atoms with van der Waals surface area (Å²) in [6.45, 7) is 4.27.